The van der Waals surface area contributed by atoms with Gasteiger partial charge in [-0.05, 0) is 50.0 Å². The van der Waals surface area contributed by atoms with Gasteiger partial charge in [0.15, 0.2) is 5.78 Å². The summed E-state index contributed by atoms with van der Waals surface area (Å²) in [5.41, 5.74) is 1.42. The van der Waals surface area contributed by atoms with E-state index in [0.29, 0.717) is 54.3 Å². The fourth-order valence-electron chi connectivity index (χ4n) is 5.70. The van der Waals surface area contributed by atoms with E-state index in [4.69, 9.17) is 0 Å². The number of halogens is 4. The molecule has 3 aromatic rings. The molecule has 2 fully saturated rings. The molecule has 0 spiro atoms. The van der Waals surface area contributed by atoms with Crippen molar-refractivity contribution in [3.05, 3.63) is 33.3 Å². The van der Waals surface area contributed by atoms with E-state index in [1.165, 1.54) is 22.1 Å². The molecule has 0 bridgehead atoms. The summed E-state index contributed by atoms with van der Waals surface area (Å²) in [6, 6.07) is 1.20. The van der Waals surface area contributed by atoms with E-state index in [2.05, 4.69) is 25.3 Å². The average molecular weight is 581 g/mol. The number of hydrogen-bond acceptors (Lipinski definition) is 8. The third kappa shape index (κ3) is 5.37. The molecule has 0 radical (unpaired) electrons. The van der Waals surface area contributed by atoms with Gasteiger partial charge in [0.05, 0.1) is 5.92 Å². The molecule has 3 aromatic heterocycles. The largest absolute Gasteiger partial charge is 0.415 e. The van der Waals surface area contributed by atoms with Crippen LogP contribution in [0.2, 0.25) is 0 Å². The Balaban J connectivity index is 1.25. The molecule has 2 saturated carbocycles. The minimum absolute atomic E-state index is 0.00821. The van der Waals surface area contributed by atoms with Crippen molar-refractivity contribution in [1.82, 2.24) is 24.5 Å². The van der Waals surface area contributed by atoms with Gasteiger partial charge >= 0.3 is 6.61 Å². The first-order valence-electron chi connectivity index (χ1n) is 13.3. The number of ether oxygens (including phenoxy) is 1. The van der Waals surface area contributed by atoms with Gasteiger partial charge in [0.1, 0.15) is 30.3 Å². The minimum Gasteiger partial charge on any atom is -0.415 e. The molecule has 3 atom stereocenters. The van der Waals surface area contributed by atoms with Gasteiger partial charge in [-0.2, -0.15) is 8.78 Å². The standard InChI is InChI=1S/C26H28F4N6O3S/c1-35-22(10-23(34-35)39-25(29)30)32-26-33-31-11-36(26)14-2-3-20-16(7-14)24(19(38)6-12-4-13(27)5-12)21(40-20)9-18(37)15-8-17(15)28/h10-15,17,25H,2-9H2,1H3,(H,32,33)/t12?,13?,14-,15-,17-/m0/s1. The molecule has 3 aliphatic rings. The summed E-state index contributed by atoms with van der Waals surface area (Å²) >= 11 is 1.45. The first-order valence-corrected chi connectivity index (χ1v) is 14.1. The van der Waals surface area contributed by atoms with Crippen LogP contribution in [0.1, 0.15) is 63.8 Å². The Morgan fingerprint density at radius 3 is 2.73 bits per heavy atom. The summed E-state index contributed by atoms with van der Waals surface area (Å²) in [5.74, 6) is -0.372. The van der Waals surface area contributed by atoms with Gasteiger partial charge in [-0.25, -0.2) is 13.5 Å². The van der Waals surface area contributed by atoms with Gasteiger partial charge in [-0.3, -0.25) is 14.2 Å². The van der Waals surface area contributed by atoms with Crippen molar-refractivity contribution >= 4 is 34.7 Å². The highest BCUT2D eigenvalue weighted by atomic mass is 32.1. The summed E-state index contributed by atoms with van der Waals surface area (Å²) in [6.07, 6.45) is 2.72. The second-order valence-electron chi connectivity index (χ2n) is 10.8. The first-order chi connectivity index (χ1) is 19.2. The van der Waals surface area contributed by atoms with Crippen LogP contribution < -0.4 is 10.1 Å². The van der Waals surface area contributed by atoms with Crippen LogP contribution in [0, 0.1) is 11.8 Å². The third-order valence-electron chi connectivity index (χ3n) is 7.97. The molecule has 1 N–H and O–H groups in total. The number of aromatic nitrogens is 5. The van der Waals surface area contributed by atoms with Gasteiger partial charge < -0.3 is 10.1 Å². The molecule has 3 heterocycles. The van der Waals surface area contributed by atoms with Gasteiger partial charge in [0.2, 0.25) is 11.8 Å². The normalized spacial score (nSPS) is 25.4. The van der Waals surface area contributed by atoms with E-state index in [1.807, 2.05) is 4.57 Å². The number of fused-ring (bicyclic) bond motifs is 1. The van der Waals surface area contributed by atoms with Crippen LogP contribution in [0.3, 0.4) is 0 Å². The monoisotopic (exact) mass is 580 g/mol. The second kappa shape index (κ2) is 10.6. The van der Waals surface area contributed by atoms with Crippen molar-refractivity contribution in [2.24, 2.45) is 18.9 Å². The van der Waals surface area contributed by atoms with Crippen LogP contribution in [0.5, 0.6) is 5.88 Å². The lowest BCUT2D eigenvalue weighted by atomic mass is 9.78. The smallest absolute Gasteiger partial charge is 0.388 e. The molecule has 3 aliphatic carbocycles. The van der Waals surface area contributed by atoms with E-state index in [9.17, 15) is 27.2 Å². The SMILES string of the molecule is Cn1nc(OC(F)F)cc1Nc1nncn1[C@H]1CCc2sc(CC(=O)[C@H]3C[C@@H]3F)c(C(=O)CC3CC(F)C3)c2C1. The Morgan fingerprint density at radius 1 is 1.25 bits per heavy atom. The van der Waals surface area contributed by atoms with Crippen LogP contribution in [-0.2, 0) is 31.1 Å². The number of hydrogen-bond donors (Lipinski definition) is 1. The van der Waals surface area contributed by atoms with E-state index in [-0.39, 0.29) is 48.7 Å². The van der Waals surface area contributed by atoms with Crippen LogP contribution >= 0.6 is 11.3 Å². The van der Waals surface area contributed by atoms with Crippen molar-refractivity contribution in [3.63, 3.8) is 0 Å². The summed E-state index contributed by atoms with van der Waals surface area (Å²) < 4.78 is 59.8. The van der Waals surface area contributed by atoms with Crippen LogP contribution in [0.25, 0.3) is 0 Å². The number of Topliss-reactive ketones (excluding diaryl/α,β-unsaturated/α-hetero) is 2. The lowest BCUT2D eigenvalue weighted by Crippen LogP contribution is -2.28. The third-order valence-corrected chi connectivity index (χ3v) is 9.27. The Morgan fingerprint density at radius 2 is 2.02 bits per heavy atom. The highest BCUT2D eigenvalue weighted by Gasteiger charge is 2.44. The number of anilines is 2. The quantitative estimate of drug-likeness (QED) is 0.253. The summed E-state index contributed by atoms with van der Waals surface area (Å²) in [6.45, 7) is -3.00. The number of nitrogens with one attached hydrogen (secondary N) is 1. The number of aryl methyl sites for hydroxylation is 2. The zero-order chi connectivity index (χ0) is 28.1. The maximum absolute atomic E-state index is 13.6. The predicted octanol–water partition coefficient (Wildman–Crippen LogP) is 4.94. The Bertz CT molecular complexity index is 1430. The predicted molar refractivity (Wildman–Crippen MR) is 137 cm³/mol. The molecule has 0 saturated heterocycles. The number of carbonyl (C=O) groups is 2. The molecule has 0 unspecified atom stereocenters. The first kappa shape index (κ1) is 26.9. The maximum Gasteiger partial charge on any atom is 0.388 e. The zero-order valence-corrected chi connectivity index (χ0v) is 22.5. The number of ketones is 2. The molecule has 40 heavy (non-hydrogen) atoms. The van der Waals surface area contributed by atoms with Crippen LogP contribution in [-0.4, -0.2) is 55.1 Å². The van der Waals surface area contributed by atoms with Crippen molar-refractivity contribution in [2.75, 3.05) is 5.32 Å². The number of nitrogens with zero attached hydrogens (tertiary/aromatic N) is 5. The fraction of sp³-hybridized carbons (Fsp3) is 0.577. The number of alkyl halides is 4. The van der Waals surface area contributed by atoms with Crippen molar-refractivity contribution in [2.45, 2.75) is 76.4 Å². The molecular weight excluding hydrogens is 552 g/mol. The molecule has 0 amide bonds. The van der Waals surface area contributed by atoms with Gasteiger partial charge in [0, 0.05) is 47.3 Å². The highest BCUT2D eigenvalue weighted by molar-refractivity contribution is 7.12. The maximum atomic E-state index is 13.6. The van der Waals surface area contributed by atoms with Crippen molar-refractivity contribution < 1.29 is 31.9 Å². The number of thiophene rings is 1. The second-order valence-corrected chi connectivity index (χ2v) is 12.0. The van der Waals surface area contributed by atoms with Gasteiger partial charge in [-0.15, -0.1) is 26.6 Å². The Hall–Kier alpha value is -3.29. The lowest BCUT2D eigenvalue weighted by molar-refractivity contribution is -0.119. The van der Waals surface area contributed by atoms with Gasteiger partial charge in [0.25, 0.3) is 0 Å². The van der Waals surface area contributed by atoms with E-state index in [0.717, 1.165) is 10.4 Å². The van der Waals surface area contributed by atoms with Crippen molar-refractivity contribution in [3.8, 4) is 5.88 Å². The fourth-order valence-corrected chi connectivity index (χ4v) is 7.08. The molecule has 0 aromatic carbocycles. The minimum atomic E-state index is -3.00. The Kier molecular flexibility index (Phi) is 7.13. The molecule has 9 nitrogen and oxygen atoms in total. The van der Waals surface area contributed by atoms with Crippen LogP contribution in [0.15, 0.2) is 12.4 Å². The molecule has 214 valence electrons. The average Bonchev–Trinajstić information content (AvgIpc) is 3.16. The van der Waals surface area contributed by atoms with Gasteiger partial charge in [-0.1, -0.05) is 0 Å². The highest BCUT2D eigenvalue weighted by Crippen LogP contribution is 2.43. The van der Waals surface area contributed by atoms with E-state index in [1.54, 1.807) is 13.4 Å². The zero-order valence-electron chi connectivity index (χ0n) is 21.7. The Labute approximate surface area is 230 Å². The molecular formula is C26H28F4N6O3S. The molecule has 0 aliphatic heterocycles. The van der Waals surface area contributed by atoms with Crippen molar-refractivity contribution in [1.29, 1.82) is 0 Å². The topological polar surface area (TPSA) is 104 Å². The molecule has 6 rings (SSSR count). The summed E-state index contributed by atoms with van der Waals surface area (Å²) in [5, 5.41) is 15.1. The lowest BCUT2D eigenvalue weighted by Gasteiger charge is -2.29. The number of rotatable bonds is 11. The van der Waals surface area contributed by atoms with E-state index < -0.39 is 24.9 Å². The summed E-state index contributed by atoms with van der Waals surface area (Å²) in [4.78, 5) is 27.9. The van der Waals surface area contributed by atoms with E-state index >= 15 is 0 Å². The van der Waals surface area contributed by atoms with Crippen LogP contribution in [0.4, 0.5) is 29.3 Å². The molecule has 14 heteroatoms. The number of carbonyl (C=O) groups excluding carboxylic acids is 2. The summed E-state index contributed by atoms with van der Waals surface area (Å²) in [7, 11) is 1.57.